The first-order valence-corrected chi connectivity index (χ1v) is 11.7. The topological polar surface area (TPSA) is 62.3 Å². The molecule has 0 aromatic heterocycles. The Morgan fingerprint density at radius 3 is 2.58 bits per heavy atom. The summed E-state index contributed by atoms with van der Waals surface area (Å²) in [4.78, 5) is 31.6. The van der Waals surface area contributed by atoms with Crippen LogP contribution in [0.15, 0.2) is 18.2 Å². The van der Waals surface area contributed by atoms with E-state index in [1.807, 2.05) is 28.0 Å². The molecule has 0 saturated carbocycles. The van der Waals surface area contributed by atoms with Gasteiger partial charge in [-0.25, -0.2) is 0 Å². The maximum atomic E-state index is 12.8. The molecule has 0 aliphatic carbocycles. The number of piperidine rings is 1. The lowest BCUT2D eigenvalue weighted by Crippen LogP contribution is -2.48. The van der Waals surface area contributed by atoms with E-state index < -0.39 is 0 Å². The summed E-state index contributed by atoms with van der Waals surface area (Å²) in [5, 5.41) is 0.697. The number of benzene rings is 1. The second-order valence-corrected chi connectivity index (χ2v) is 9.19. The van der Waals surface area contributed by atoms with Crippen LogP contribution in [-0.4, -0.2) is 85.1 Å². The lowest BCUT2D eigenvalue weighted by Gasteiger charge is -2.35. The molecule has 2 fully saturated rings. The molecular formula is C23H32ClN3O4. The van der Waals surface area contributed by atoms with Crippen LogP contribution < -0.4 is 4.74 Å². The average molecular weight is 450 g/mol. The van der Waals surface area contributed by atoms with E-state index in [1.54, 1.807) is 0 Å². The Kier molecular flexibility index (Phi) is 7.35. The highest BCUT2D eigenvalue weighted by Crippen LogP contribution is 2.28. The molecule has 2 amide bonds. The van der Waals surface area contributed by atoms with Gasteiger partial charge < -0.3 is 19.3 Å². The van der Waals surface area contributed by atoms with Crippen LogP contribution >= 0.6 is 11.6 Å². The van der Waals surface area contributed by atoms with Crippen LogP contribution in [0.3, 0.4) is 0 Å². The lowest BCUT2D eigenvalue weighted by molar-refractivity contribution is -0.143. The van der Waals surface area contributed by atoms with Crippen molar-refractivity contribution < 1.29 is 19.1 Å². The Hall–Kier alpha value is -1.83. The summed E-state index contributed by atoms with van der Waals surface area (Å²) in [6, 6.07) is 5.71. The van der Waals surface area contributed by atoms with E-state index >= 15 is 0 Å². The van der Waals surface area contributed by atoms with Crippen molar-refractivity contribution in [2.75, 3.05) is 52.5 Å². The van der Waals surface area contributed by atoms with E-state index in [0.717, 1.165) is 37.2 Å². The second-order valence-electron chi connectivity index (χ2n) is 8.76. The summed E-state index contributed by atoms with van der Waals surface area (Å²) in [7, 11) is 0. The molecule has 3 heterocycles. The Labute approximate surface area is 189 Å². The van der Waals surface area contributed by atoms with Crippen molar-refractivity contribution in [3.05, 3.63) is 28.8 Å². The van der Waals surface area contributed by atoms with Crippen molar-refractivity contribution in [3.63, 3.8) is 0 Å². The minimum Gasteiger partial charge on any atom is -0.489 e. The molecule has 8 heteroatoms. The number of halogens is 1. The zero-order valence-electron chi connectivity index (χ0n) is 18.2. The number of ether oxygens (including phenoxy) is 2. The largest absolute Gasteiger partial charge is 0.489 e. The number of carbonyl (C=O) groups excluding carboxylic acids is 2. The highest BCUT2D eigenvalue weighted by atomic mass is 35.5. The van der Waals surface area contributed by atoms with Gasteiger partial charge in [0.25, 0.3) is 0 Å². The number of fused-ring (bicyclic) bond motifs is 1. The molecule has 0 bridgehead atoms. The predicted octanol–water partition coefficient (Wildman–Crippen LogP) is 2.41. The van der Waals surface area contributed by atoms with Crippen LogP contribution in [0.1, 0.15) is 31.7 Å². The first-order chi connectivity index (χ1) is 15.0. The Morgan fingerprint density at radius 1 is 1.10 bits per heavy atom. The number of amides is 2. The zero-order valence-corrected chi connectivity index (χ0v) is 19.0. The fourth-order valence-electron chi connectivity index (χ4n) is 4.71. The van der Waals surface area contributed by atoms with Crippen LogP contribution in [0.25, 0.3) is 0 Å². The average Bonchev–Trinajstić information content (AvgIpc) is 2.95. The summed E-state index contributed by atoms with van der Waals surface area (Å²) in [6.07, 6.45) is 2.04. The van der Waals surface area contributed by atoms with Crippen molar-refractivity contribution in [2.45, 2.75) is 38.8 Å². The lowest BCUT2D eigenvalue weighted by atomic mass is 9.95. The van der Waals surface area contributed by atoms with Crippen molar-refractivity contribution >= 4 is 23.4 Å². The Morgan fingerprint density at radius 2 is 1.84 bits per heavy atom. The van der Waals surface area contributed by atoms with Crippen LogP contribution in [-0.2, 0) is 20.9 Å². The number of carbonyl (C=O) groups is 2. The number of hydrogen-bond donors (Lipinski definition) is 0. The molecule has 170 valence electrons. The predicted molar refractivity (Wildman–Crippen MR) is 118 cm³/mol. The molecule has 0 spiro atoms. The molecule has 1 atom stereocenters. The van der Waals surface area contributed by atoms with E-state index in [4.69, 9.17) is 21.1 Å². The minimum absolute atomic E-state index is 0.0343. The van der Waals surface area contributed by atoms with E-state index in [0.29, 0.717) is 57.4 Å². The maximum absolute atomic E-state index is 12.8. The summed E-state index contributed by atoms with van der Waals surface area (Å²) in [5.74, 6) is 1.30. The SMILES string of the molecule is CC1CN(CCC(=O)N2CCC(C(=O)N3CCOCC3)CC2)Cc2cc(Cl)ccc2O1. The van der Waals surface area contributed by atoms with Crippen LogP contribution in [0.4, 0.5) is 0 Å². The summed E-state index contributed by atoms with van der Waals surface area (Å²) in [6.45, 7) is 8.18. The molecular weight excluding hydrogens is 418 g/mol. The van der Waals surface area contributed by atoms with Gasteiger partial charge in [-0.3, -0.25) is 14.5 Å². The Balaban J connectivity index is 1.25. The smallest absolute Gasteiger partial charge is 0.225 e. The van der Waals surface area contributed by atoms with Crippen LogP contribution in [0.5, 0.6) is 5.75 Å². The molecule has 0 radical (unpaired) electrons. The number of morpholine rings is 1. The molecule has 31 heavy (non-hydrogen) atoms. The van der Waals surface area contributed by atoms with Gasteiger partial charge in [-0.2, -0.15) is 0 Å². The van der Waals surface area contributed by atoms with E-state index in [9.17, 15) is 9.59 Å². The van der Waals surface area contributed by atoms with Crippen molar-refractivity contribution in [2.24, 2.45) is 5.92 Å². The van der Waals surface area contributed by atoms with Gasteiger partial charge in [-0.1, -0.05) is 11.6 Å². The summed E-state index contributed by atoms with van der Waals surface area (Å²) in [5.41, 5.74) is 1.06. The van der Waals surface area contributed by atoms with Crippen molar-refractivity contribution in [1.82, 2.24) is 14.7 Å². The number of rotatable bonds is 4. The fraction of sp³-hybridized carbons (Fsp3) is 0.652. The van der Waals surface area contributed by atoms with Crippen LogP contribution in [0.2, 0.25) is 5.02 Å². The molecule has 3 aliphatic rings. The molecule has 1 aromatic carbocycles. The third kappa shape index (κ3) is 5.70. The van der Waals surface area contributed by atoms with Gasteiger partial charge in [0, 0.05) is 68.7 Å². The second kappa shape index (κ2) is 10.2. The maximum Gasteiger partial charge on any atom is 0.225 e. The monoisotopic (exact) mass is 449 g/mol. The van der Waals surface area contributed by atoms with E-state index in [1.165, 1.54) is 0 Å². The number of hydrogen-bond acceptors (Lipinski definition) is 5. The van der Waals surface area contributed by atoms with Gasteiger partial charge in [-0.05, 0) is 38.0 Å². The van der Waals surface area contributed by atoms with Gasteiger partial charge in [0.15, 0.2) is 0 Å². The molecule has 0 N–H and O–H groups in total. The molecule has 1 unspecified atom stereocenters. The number of likely N-dealkylation sites (tertiary alicyclic amines) is 1. The normalized spacial score (nSPS) is 23.1. The van der Waals surface area contributed by atoms with E-state index in [2.05, 4.69) is 11.8 Å². The highest BCUT2D eigenvalue weighted by molar-refractivity contribution is 6.30. The molecule has 4 rings (SSSR count). The Bertz CT molecular complexity index is 791. The summed E-state index contributed by atoms with van der Waals surface area (Å²) < 4.78 is 11.3. The number of nitrogens with zero attached hydrogens (tertiary/aromatic N) is 3. The van der Waals surface area contributed by atoms with Gasteiger partial charge in [0.05, 0.1) is 13.2 Å². The van der Waals surface area contributed by atoms with E-state index in [-0.39, 0.29) is 23.8 Å². The van der Waals surface area contributed by atoms with Crippen molar-refractivity contribution in [1.29, 1.82) is 0 Å². The van der Waals surface area contributed by atoms with Gasteiger partial charge in [0.1, 0.15) is 11.9 Å². The van der Waals surface area contributed by atoms with Crippen LogP contribution in [0, 0.1) is 5.92 Å². The van der Waals surface area contributed by atoms with Gasteiger partial charge >= 0.3 is 0 Å². The first kappa shape index (κ1) is 22.4. The summed E-state index contributed by atoms with van der Waals surface area (Å²) >= 11 is 6.16. The standard InChI is InChI=1S/C23H32ClN3O4/c1-17-15-25(16-19-14-20(24)2-3-21(19)31-17)7-6-22(28)26-8-4-18(5-9-26)23(29)27-10-12-30-13-11-27/h2-3,14,17-18H,4-13,15-16H2,1H3. The molecule has 2 saturated heterocycles. The highest BCUT2D eigenvalue weighted by Gasteiger charge is 2.31. The van der Waals surface area contributed by atoms with Gasteiger partial charge in [-0.15, -0.1) is 0 Å². The molecule has 1 aromatic rings. The van der Waals surface area contributed by atoms with Gasteiger partial charge in [0.2, 0.25) is 11.8 Å². The first-order valence-electron chi connectivity index (χ1n) is 11.3. The molecule has 7 nitrogen and oxygen atoms in total. The minimum atomic E-state index is 0.0343. The molecule has 3 aliphatic heterocycles. The fourth-order valence-corrected chi connectivity index (χ4v) is 4.90. The zero-order chi connectivity index (χ0) is 21.8. The quantitative estimate of drug-likeness (QED) is 0.706. The third-order valence-corrected chi connectivity index (χ3v) is 6.66. The third-order valence-electron chi connectivity index (χ3n) is 6.42. The van der Waals surface area contributed by atoms with Crippen molar-refractivity contribution in [3.8, 4) is 5.75 Å².